The van der Waals surface area contributed by atoms with E-state index in [1.54, 1.807) is 47.2 Å². The van der Waals surface area contributed by atoms with E-state index in [0.717, 1.165) is 5.69 Å². The van der Waals surface area contributed by atoms with E-state index in [1.807, 2.05) is 6.92 Å². The first-order valence-electron chi connectivity index (χ1n) is 8.97. The molecule has 7 heteroatoms. The normalized spacial score (nSPS) is 14.1. The number of benzene rings is 1. The van der Waals surface area contributed by atoms with Crippen molar-refractivity contribution in [2.24, 2.45) is 0 Å². The lowest BCUT2D eigenvalue weighted by atomic mass is 10.1. The van der Waals surface area contributed by atoms with Crippen LogP contribution in [-0.4, -0.2) is 59.9 Å². The first-order chi connectivity index (χ1) is 13.0. The van der Waals surface area contributed by atoms with E-state index in [0.29, 0.717) is 49.5 Å². The molecule has 1 fully saturated rings. The molecule has 1 aliphatic heterocycles. The highest BCUT2D eigenvalue weighted by Gasteiger charge is 2.25. The van der Waals surface area contributed by atoms with E-state index in [4.69, 9.17) is 4.74 Å². The minimum absolute atomic E-state index is 0.0609. The van der Waals surface area contributed by atoms with Crippen molar-refractivity contribution in [2.75, 3.05) is 33.3 Å². The highest BCUT2D eigenvalue weighted by atomic mass is 16.5. The largest absolute Gasteiger partial charge is 0.497 e. The van der Waals surface area contributed by atoms with Crippen LogP contribution >= 0.6 is 0 Å². The molecule has 142 valence electrons. The minimum atomic E-state index is -0.272. The van der Waals surface area contributed by atoms with E-state index >= 15 is 0 Å². The summed E-state index contributed by atoms with van der Waals surface area (Å²) in [6.07, 6.45) is 0.653. The molecular weight excluding hydrogens is 346 g/mol. The molecule has 1 N–H and O–H groups in total. The summed E-state index contributed by atoms with van der Waals surface area (Å²) in [6, 6.07) is 10.0. The maximum atomic E-state index is 12.7. The van der Waals surface area contributed by atoms with Gasteiger partial charge in [0.15, 0.2) is 0 Å². The molecule has 0 aliphatic carbocycles. The Kier molecular flexibility index (Phi) is 5.59. The van der Waals surface area contributed by atoms with Gasteiger partial charge in [0.25, 0.3) is 11.8 Å². The van der Waals surface area contributed by atoms with Gasteiger partial charge in [-0.25, -0.2) is 0 Å². The predicted molar refractivity (Wildman–Crippen MR) is 101 cm³/mol. The maximum absolute atomic E-state index is 12.7. The van der Waals surface area contributed by atoms with Gasteiger partial charge in [0.05, 0.1) is 7.11 Å². The number of H-pyrrole nitrogens is 1. The molecule has 0 radical (unpaired) electrons. The van der Waals surface area contributed by atoms with Crippen molar-refractivity contribution in [2.45, 2.75) is 13.3 Å². The number of methoxy groups -OCH3 is 1. The van der Waals surface area contributed by atoms with Crippen LogP contribution in [0.1, 0.15) is 33.3 Å². The van der Waals surface area contributed by atoms with Crippen LogP contribution in [0.25, 0.3) is 0 Å². The van der Waals surface area contributed by atoms with Crippen LogP contribution in [0.3, 0.4) is 0 Å². The van der Waals surface area contributed by atoms with Gasteiger partial charge in [-0.3, -0.25) is 14.4 Å². The molecule has 1 aromatic carbocycles. The molecule has 0 bridgehead atoms. The fraction of sp³-hybridized carbons (Fsp3) is 0.350. The monoisotopic (exact) mass is 369 g/mol. The van der Waals surface area contributed by atoms with Crippen molar-refractivity contribution in [3.8, 4) is 5.75 Å². The Balaban J connectivity index is 1.64. The Labute approximate surface area is 157 Å². The van der Waals surface area contributed by atoms with Crippen molar-refractivity contribution in [1.82, 2.24) is 14.8 Å². The summed E-state index contributed by atoms with van der Waals surface area (Å²) in [7, 11) is 1.58. The Morgan fingerprint density at radius 2 is 1.52 bits per heavy atom. The first kappa shape index (κ1) is 18.7. The molecule has 3 rings (SSSR count). The number of aryl methyl sites for hydroxylation is 1. The summed E-state index contributed by atoms with van der Waals surface area (Å²) in [4.78, 5) is 43.2. The average Bonchev–Trinajstić information content (AvgIpc) is 2.72. The SMILES string of the molecule is CCc1cc(C(=O)N2CCN(C(=O)c3ccc(OC)cc3)CC2)cc(=O)[nH]1. The number of aromatic amines is 1. The van der Waals surface area contributed by atoms with Gasteiger partial charge in [-0.05, 0) is 36.8 Å². The number of amides is 2. The molecule has 27 heavy (non-hydrogen) atoms. The van der Waals surface area contributed by atoms with Crippen molar-refractivity contribution >= 4 is 11.8 Å². The topological polar surface area (TPSA) is 82.7 Å². The number of carbonyl (C=O) groups excluding carboxylic acids is 2. The van der Waals surface area contributed by atoms with Crippen LogP contribution < -0.4 is 10.3 Å². The Hall–Kier alpha value is -3.09. The number of nitrogens with one attached hydrogen (secondary N) is 1. The molecule has 0 spiro atoms. The van der Waals surface area contributed by atoms with Gasteiger partial charge in [0.1, 0.15) is 5.75 Å². The van der Waals surface area contributed by atoms with Gasteiger partial charge < -0.3 is 19.5 Å². The lowest BCUT2D eigenvalue weighted by Crippen LogP contribution is -2.50. The van der Waals surface area contributed by atoms with Crippen molar-refractivity contribution in [3.63, 3.8) is 0 Å². The zero-order valence-corrected chi connectivity index (χ0v) is 15.5. The van der Waals surface area contributed by atoms with Gasteiger partial charge in [0.2, 0.25) is 5.56 Å². The molecule has 2 amide bonds. The average molecular weight is 369 g/mol. The highest BCUT2D eigenvalue weighted by molar-refractivity contribution is 5.96. The Morgan fingerprint density at radius 3 is 2.04 bits per heavy atom. The second-order valence-electron chi connectivity index (χ2n) is 6.42. The number of pyridine rings is 1. The van der Waals surface area contributed by atoms with E-state index in [2.05, 4.69) is 4.98 Å². The second kappa shape index (κ2) is 8.07. The van der Waals surface area contributed by atoms with E-state index in [-0.39, 0.29) is 17.4 Å². The highest BCUT2D eigenvalue weighted by Crippen LogP contribution is 2.15. The number of hydrogen-bond acceptors (Lipinski definition) is 4. The Morgan fingerprint density at radius 1 is 0.963 bits per heavy atom. The summed E-state index contributed by atoms with van der Waals surface area (Å²) in [5, 5.41) is 0. The lowest BCUT2D eigenvalue weighted by molar-refractivity contribution is 0.0535. The molecule has 0 unspecified atom stereocenters. The lowest BCUT2D eigenvalue weighted by Gasteiger charge is -2.35. The number of hydrogen-bond donors (Lipinski definition) is 1. The first-order valence-corrected chi connectivity index (χ1v) is 8.97. The summed E-state index contributed by atoms with van der Waals surface area (Å²) in [6.45, 7) is 3.72. The third-order valence-electron chi connectivity index (χ3n) is 4.72. The summed E-state index contributed by atoms with van der Waals surface area (Å²) < 4.78 is 5.11. The number of rotatable bonds is 4. The molecule has 2 aromatic rings. The Bertz CT molecular complexity index is 881. The molecule has 0 saturated carbocycles. The molecule has 1 aliphatic rings. The van der Waals surface area contributed by atoms with Crippen molar-refractivity contribution in [1.29, 1.82) is 0 Å². The van der Waals surface area contributed by atoms with Gasteiger partial charge in [0, 0.05) is 49.1 Å². The zero-order chi connectivity index (χ0) is 19.4. The van der Waals surface area contributed by atoms with Gasteiger partial charge in [-0.1, -0.05) is 6.92 Å². The molecule has 0 atom stereocenters. The van der Waals surface area contributed by atoms with Crippen LogP contribution in [0.15, 0.2) is 41.2 Å². The number of ether oxygens (including phenoxy) is 1. The van der Waals surface area contributed by atoms with Crippen LogP contribution in [0.2, 0.25) is 0 Å². The van der Waals surface area contributed by atoms with Gasteiger partial charge in [-0.2, -0.15) is 0 Å². The molecular formula is C20H23N3O4. The number of carbonyl (C=O) groups is 2. The standard InChI is InChI=1S/C20H23N3O4/c1-3-16-12-15(13-18(24)21-16)20(26)23-10-8-22(9-11-23)19(25)14-4-6-17(27-2)7-5-14/h4-7,12-13H,3,8-11H2,1-2H3,(H,21,24). The van der Waals surface area contributed by atoms with E-state index in [1.165, 1.54) is 6.07 Å². The number of aromatic nitrogens is 1. The van der Waals surface area contributed by atoms with Crippen molar-refractivity contribution in [3.05, 3.63) is 63.6 Å². The summed E-state index contributed by atoms with van der Waals surface area (Å²) in [5.41, 5.74) is 1.45. The number of piperazine rings is 1. The summed E-state index contributed by atoms with van der Waals surface area (Å²) >= 11 is 0. The fourth-order valence-corrected chi connectivity index (χ4v) is 3.13. The van der Waals surface area contributed by atoms with Crippen LogP contribution in [0.5, 0.6) is 5.75 Å². The van der Waals surface area contributed by atoms with Crippen LogP contribution in [-0.2, 0) is 6.42 Å². The molecule has 1 aromatic heterocycles. The third kappa shape index (κ3) is 4.19. The van der Waals surface area contributed by atoms with Crippen molar-refractivity contribution < 1.29 is 14.3 Å². The quantitative estimate of drug-likeness (QED) is 0.886. The molecule has 7 nitrogen and oxygen atoms in total. The smallest absolute Gasteiger partial charge is 0.254 e. The zero-order valence-electron chi connectivity index (χ0n) is 15.5. The van der Waals surface area contributed by atoms with Crippen LogP contribution in [0.4, 0.5) is 0 Å². The fourth-order valence-electron chi connectivity index (χ4n) is 3.13. The molecule has 1 saturated heterocycles. The molecule has 2 heterocycles. The summed E-state index contributed by atoms with van der Waals surface area (Å²) in [5.74, 6) is 0.466. The maximum Gasteiger partial charge on any atom is 0.254 e. The second-order valence-corrected chi connectivity index (χ2v) is 6.42. The van der Waals surface area contributed by atoms with E-state index < -0.39 is 0 Å². The minimum Gasteiger partial charge on any atom is -0.497 e. The third-order valence-corrected chi connectivity index (χ3v) is 4.72. The predicted octanol–water partition coefficient (Wildman–Crippen LogP) is 1.54. The van der Waals surface area contributed by atoms with Gasteiger partial charge >= 0.3 is 0 Å². The van der Waals surface area contributed by atoms with Crippen LogP contribution in [0, 0.1) is 0 Å². The van der Waals surface area contributed by atoms with Gasteiger partial charge in [-0.15, -0.1) is 0 Å². The number of nitrogens with zero attached hydrogens (tertiary/aromatic N) is 2. The van der Waals surface area contributed by atoms with E-state index in [9.17, 15) is 14.4 Å².